The van der Waals surface area contributed by atoms with Crippen LogP contribution in [-0.4, -0.2) is 18.7 Å². The molecule has 0 spiro atoms. The maximum atomic E-state index is 5.73. The number of hydrogen-bond acceptors (Lipinski definition) is 3. The minimum Gasteiger partial charge on any atom is -0.383 e. The molecule has 0 aliphatic heterocycles. The van der Waals surface area contributed by atoms with Crippen molar-refractivity contribution in [1.29, 1.82) is 0 Å². The highest BCUT2D eigenvalue weighted by molar-refractivity contribution is 6.29. The number of rotatable bonds is 3. The van der Waals surface area contributed by atoms with Crippen LogP contribution in [0.2, 0.25) is 5.15 Å². The molecule has 0 fully saturated rings. The Bertz CT molecular complexity index is 255. The third-order valence-electron chi connectivity index (χ3n) is 1.46. The monoisotopic (exact) mass is 186 g/mol. The van der Waals surface area contributed by atoms with Crippen molar-refractivity contribution in [2.24, 2.45) is 5.73 Å². The maximum Gasteiger partial charge on any atom is 0.129 e. The van der Waals surface area contributed by atoms with Gasteiger partial charge in [0, 0.05) is 7.11 Å². The van der Waals surface area contributed by atoms with Crippen LogP contribution in [0.15, 0.2) is 18.2 Å². The highest BCUT2D eigenvalue weighted by Gasteiger charge is 2.06. The van der Waals surface area contributed by atoms with Gasteiger partial charge >= 0.3 is 0 Å². The van der Waals surface area contributed by atoms with Crippen molar-refractivity contribution in [2.75, 3.05) is 13.7 Å². The number of hydrogen-bond donors (Lipinski definition) is 1. The van der Waals surface area contributed by atoms with E-state index >= 15 is 0 Å². The fraction of sp³-hybridized carbons (Fsp3) is 0.375. The van der Waals surface area contributed by atoms with Gasteiger partial charge in [-0.3, -0.25) is 0 Å². The van der Waals surface area contributed by atoms with Gasteiger partial charge in [-0.25, -0.2) is 4.98 Å². The van der Waals surface area contributed by atoms with E-state index in [2.05, 4.69) is 4.98 Å². The third-order valence-corrected chi connectivity index (χ3v) is 1.67. The number of nitrogens with two attached hydrogens (primary N) is 1. The van der Waals surface area contributed by atoms with Gasteiger partial charge < -0.3 is 10.5 Å². The van der Waals surface area contributed by atoms with Crippen LogP contribution >= 0.6 is 11.6 Å². The molecule has 4 heteroatoms. The highest BCUT2D eigenvalue weighted by atomic mass is 35.5. The standard InChI is InChI=1S/C8H11ClN2O/c1-12-5-6(10)7-3-2-4-8(9)11-7/h2-4,6H,5,10H2,1H3/t6-/m0/s1. The van der Waals surface area contributed by atoms with E-state index in [1.165, 1.54) is 0 Å². The van der Waals surface area contributed by atoms with Gasteiger partial charge in [0.1, 0.15) is 5.15 Å². The van der Waals surface area contributed by atoms with Gasteiger partial charge in [0.25, 0.3) is 0 Å². The Morgan fingerprint density at radius 1 is 1.67 bits per heavy atom. The molecule has 1 heterocycles. The molecule has 0 aliphatic rings. The lowest BCUT2D eigenvalue weighted by molar-refractivity contribution is 0.179. The first-order chi connectivity index (χ1) is 5.74. The normalized spacial score (nSPS) is 12.9. The summed E-state index contributed by atoms with van der Waals surface area (Å²) < 4.78 is 4.89. The smallest absolute Gasteiger partial charge is 0.129 e. The summed E-state index contributed by atoms with van der Waals surface area (Å²) in [7, 11) is 1.60. The summed E-state index contributed by atoms with van der Waals surface area (Å²) in [4.78, 5) is 4.05. The number of nitrogens with zero attached hydrogens (tertiary/aromatic N) is 1. The Kier molecular flexibility index (Phi) is 3.47. The predicted molar refractivity (Wildman–Crippen MR) is 48.1 cm³/mol. The van der Waals surface area contributed by atoms with Crippen molar-refractivity contribution >= 4 is 11.6 Å². The fourth-order valence-corrected chi connectivity index (χ4v) is 1.07. The molecular weight excluding hydrogens is 176 g/mol. The molecule has 0 aromatic carbocycles. The fourth-order valence-electron chi connectivity index (χ4n) is 0.895. The Balaban J connectivity index is 2.73. The average Bonchev–Trinajstić information content (AvgIpc) is 2.05. The van der Waals surface area contributed by atoms with Gasteiger partial charge in [-0.1, -0.05) is 17.7 Å². The summed E-state index contributed by atoms with van der Waals surface area (Å²) in [5.41, 5.74) is 6.48. The van der Waals surface area contributed by atoms with Crippen LogP contribution in [0.25, 0.3) is 0 Å². The van der Waals surface area contributed by atoms with Crippen LogP contribution in [0.5, 0.6) is 0 Å². The molecular formula is C8H11ClN2O. The maximum absolute atomic E-state index is 5.73. The SMILES string of the molecule is COC[C@H](N)c1cccc(Cl)n1. The Morgan fingerprint density at radius 3 is 3.00 bits per heavy atom. The van der Waals surface area contributed by atoms with Crippen LogP contribution < -0.4 is 5.73 Å². The zero-order valence-electron chi connectivity index (χ0n) is 6.83. The Morgan fingerprint density at radius 2 is 2.42 bits per heavy atom. The van der Waals surface area contributed by atoms with E-state index in [0.717, 1.165) is 5.69 Å². The summed E-state index contributed by atoms with van der Waals surface area (Å²) in [6, 6.07) is 5.16. The summed E-state index contributed by atoms with van der Waals surface area (Å²) >= 11 is 5.68. The minimum atomic E-state index is -0.200. The quantitative estimate of drug-likeness (QED) is 0.726. The lowest BCUT2D eigenvalue weighted by Crippen LogP contribution is -2.17. The van der Waals surface area contributed by atoms with E-state index in [4.69, 9.17) is 22.1 Å². The Labute approximate surface area is 76.5 Å². The van der Waals surface area contributed by atoms with Crippen molar-refractivity contribution in [3.8, 4) is 0 Å². The summed E-state index contributed by atoms with van der Waals surface area (Å²) in [6.07, 6.45) is 0. The molecule has 0 amide bonds. The first-order valence-corrected chi connectivity index (χ1v) is 3.99. The second-order valence-corrected chi connectivity index (χ2v) is 2.83. The van der Waals surface area contributed by atoms with Crippen molar-refractivity contribution in [2.45, 2.75) is 6.04 Å². The molecule has 1 rings (SSSR count). The van der Waals surface area contributed by atoms with E-state index in [0.29, 0.717) is 11.8 Å². The molecule has 66 valence electrons. The molecule has 0 unspecified atom stereocenters. The zero-order valence-corrected chi connectivity index (χ0v) is 7.58. The van der Waals surface area contributed by atoms with Crippen LogP contribution in [0.4, 0.5) is 0 Å². The molecule has 12 heavy (non-hydrogen) atoms. The first kappa shape index (κ1) is 9.45. The molecule has 0 bridgehead atoms. The largest absolute Gasteiger partial charge is 0.383 e. The molecule has 0 saturated heterocycles. The van der Waals surface area contributed by atoms with Crippen LogP contribution in [0.3, 0.4) is 0 Å². The Hall–Kier alpha value is -0.640. The lowest BCUT2D eigenvalue weighted by atomic mass is 10.2. The second-order valence-electron chi connectivity index (χ2n) is 2.45. The number of aromatic nitrogens is 1. The van der Waals surface area contributed by atoms with Crippen molar-refractivity contribution in [3.05, 3.63) is 29.0 Å². The molecule has 1 aromatic heterocycles. The van der Waals surface area contributed by atoms with E-state index < -0.39 is 0 Å². The van der Waals surface area contributed by atoms with Gasteiger partial charge in [-0.05, 0) is 12.1 Å². The van der Waals surface area contributed by atoms with Crippen LogP contribution in [-0.2, 0) is 4.74 Å². The molecule has 0 radical (unpaired) electrons. The van der Waals surface area contributed by atoms with Crippen molar-refractivity contribution in [1.82, 2.24) is 4.98 Å². The van der Waals surface area contributed by atoms with Gasteiger partial charge in [-0.15, -0.1) is 0 Å². The molecule has 0 aliphatic carbocycles. The first-order valence-electron chi connectivity index (χ1n) is 3.61. The van der Waals surface area contributed by atoms with Gasteiger partial charge in [0.05, 0.1) is 18.3 Å². The van der Waals surface area contributed by atoms with E-state index in [9.17, 15) is 0 Å². The van der Waals surface area contributed by atoms with Gasteiger partial charge in [0.15, 0.2) is 0 Å². The van der Waals surface area contributed by atoms with E-state index in [1.54, 1.807) is 13.2 Å². The number of pyridine rings is 1. The van der Waals surface area contributed by atoms with Crippen LogP contribution in [0, 0.1) is 0 Å². The number of halogens is 1. The number of methoxy groups -OCH3 is 1. The summed E-state index contributed by atoms with van der Waals surface area (Å²) in [5, 5.41) is 0.457. The van der Waals surface area contributed by atoms with Crippen molar-refractivity contribution in [3.63, 3.8) is 0 Å². The molecule has 1 aromatic rings. The van der Waals surface area contributed by atoms with Crippen LogP contribution in [0.1, 0.15) is 11.7 Å². The van der Waals surface area contributed by atoms with E-state index in [1.807, 2.05) is 12.1 Å². The average molecular weight is 187 g/mol. The van der Waals surface area contributed by atoms with E-state index in [-0.39, 0.29) is 6.04 Å². The van der Waals surface area contributed by atoms with Gasteiger partial charge in [0.2, 0.25) is 0 Å². The zero-order chi connectivity index (χ0) is 8.97. The topological polar surface area (TPSA) is 48.1 Å². The molecule has 3 nitrogen and oxygen atoms in total. The minimum absolute atomic E-state index is 0.200. The molecule has 1 atom stereocenters. The second kappa shape index (κ2) is 4.40. The molecule has 2 N–H and O–H groups in total. The summed E-state index contributed by atoms with van der Waals surface area (Å²) in [5.74, 6) is 0. The number of ether oxygens (including phenoxy) is 1. The predicted octanol–water partition coefficient (Wildman–Crippen LogP) is 1.38. The van der Waals surface area contributed by atoms with Gasteiger partial charge in [-0.2, -0.15) is 0 Å². The highest BCUT2D eigenvalue weighted by Crippen LogP contribution is 2.10. The molecule has 0 saturated carbocycles. The van der Waals surface area contributed by atoms with Crippen molar-refractivity contribution < 1.29 is 4.74 Å². The third kappa shape index (κ3) is 2.44. The summed E-state index contributed by atoms with van der Waals surface area (Å²) in [6.45, 7) is 0.452. The lowest BCUT2D eigenvalue weighted by Gasteiger charge is -2.08.